The first-order valence-corrected chi connectivity index (χ1v) is 6.84. The second kappa shape index (κ2) is 3.25. The fraction of sp³-hybridized carbons (Fsp3) is 0.733. The molecule has 0 amide bonds. The lowest BCUT2D eigenvalue weighted by Crippen LogP contribution is -2.43. The molecule has 0 aromatic carbocycles. The summed E-state index contributed by atoms with van der Waals surface area (Å²) in [5.74, 6) is 0.102. The topological polar surface area (TPSA) is 54.4 Å². The van der Waals surface area contributed by atoms with Crippen LogP contribution in [0.5, 0.6) is 0 Å². The summed E-state index contributed by atoms with van der Waals surface area (Å²) in [6.07, 6.45) is 4.55. The fourth-order valence-electron chi connectivity index (χ4n) is 5.38. The highest BCUT2D eigenvalue weighted by Crippen LogP contribution is 2.71. The average molecular weight is 248 g/mol. The summed E-state index contributed by atoms with van der Waals surface area (Å²) in [6.45, 7) is 6.18. The van der Waals surface area contributed by atoms with Gasteiger partial charge in [-0.1, -0.05) is 26.8 Å². The van der Waals surface area contributed by atoms with Gasteiger partial charge in [0.05, 0.1) is 0 Å². The Morgan fingerprint density at radius 2 is 2.11 bits per heavy atom. The van der Waals surface area contributed by atoms with Gasteiger partial charge in [-0.3, -0.25) is 4.79 Å². The van der Waals surface area contributed by atoms with Gasteiger partial charge in [-0.15, -0.1) is 0 Å². The predicted molar refractivity (Wildman–Crippen MR) is 66.9 cm³/mol. The first-order valence-electron chi connectivity index (χ1n) is 6.84. The van der Waals surface area contributed by atoms with Gasteiger partial charge in [0.1, 0.15) is 5.78 Å². The van der Waals surface area contributed by atoms with Gasteiger partial charge in [-0.05, 0) is 30.1 Å². The molecule has 0 aromatic heterocycles. The fourth-order valence-corrected chi connectivity index (χ4v) is 5.38. The lowest BCUT2D eigenvalue weighted by molar-refractivity contribution is -0.135. The molecule has 1 spiro atoms. The van der Waals surface area contributed by atoms with Gasteiger partial charge >= 0.3 is 5.97 Å². The van der Waals surface area contributed by atoms with Crippen molar-refractivity contribution in [3.05, 3.63) is 11.6 Å². The summed E-state index contributed by atoms with van der Waals surface area (Å²) in [5.41, 5.74) is -0.183. The van der Waals surface area contributed by atoms with E-state index < -0.39 is 11.4 Å². The van der Waals surface area contributed by atoms with E-state index in [2.05, 4.69) is 13.8 Å². The number of rotatable bonds is 1. The van der Waals surface area contributed by atoms with Crippen LogP contribution in [0.15, 0.2) is 11.6 Å². The van der Waals surface area contributed by atoms with Crippen LogP contribution >= 0.6 is 0 Å². The molecule has 3 aliphatic carbocycles. The van der Waals surface area contributed by atoms with Crippen molar-refractivity contribution in [2.45, 2.75) is 40.0 Å². The monoisotopic (exact) mass is 248 g/mol. The maximum absolute atomic E-state index is 12.6. The highest BCUT2D eigenvalue weighted by atomic mass is 16.4. The second-order valence-electron chi connectivity index (χ2n) is 6.66. The van der Waals surface area contributed by atoms with Gasteiger partial charge < -0.3 is 5.11 Å². The molecule has 3 heteroatoms. The van der Waals surface area contributed by atoms with Gasteiger partial charge in [-0.2, -0.15) is 0 Å². The van der Waals surface area contributed by atoms with Crippen molar-refractivity contribution in [1.82, 2.24) is 0 Å². The standard InChI is InChI=1S/C15H20O3/c1-8-6-12(16)15-9(2)10(13(17)18)7-14(15,3)5-4-11(8)15/h7-9,11H,4-6H2,1-3H3,(H,17,18)/t8-,9+,11?,14+,15?/m0/s1. The van der Waals surface area contributed by atoms with Crippen LogP contribution in [0.4, 0.5) is 0 Å². The Morgan fingerprint density at radius 1 is 1.44 bits per heavy atom. The molecule has 5 atom stereocenters. The Kier molecular flexibility index (Phi) is 2.16. The summed E-state index contributed by atoms with van der Waals surface area (Å²) in [7, 11) is 0. The molecule has 2 fully saturated rings. The Morgan fingerprint density at radius 3 is 2.72 bits per heavy atom. The molecule has 0 heterocycles. The van der Waals surface area contributed by atoms with E-state index in [1.54, 1.807) is 0 Å². The van der Waals surface area contributed by atoms with Crippen LogP contribution in [0.25, 0.3) is 0 Å². The molecule has 2 unspecified atom stereocenters. The lowest BCUT2D eigenvalue weighted by Gasteiger charge is -2.40. The molecule has 3 rings (SSSR count). The Balaban J connectivity index is 2.18. The summed E-state index contributed by atoms with van der Waals surface area (Å²) in [4.78, 5) is 24.0. The Labute approximate surface area is 107 Å². The lowest BCUT2D eigenvalue weighted by atomic mass is 9.60. The summed E-state index contributed by atoms with van der Waals surface area (Å²) in [6, 6.07) is 0. The zero-order valence-corrected chi connectivity index (χ0v) is 11.2. The summed E-state index contributed by atoms with van der Waals surface area (Å²) in [5, 5.41) is 9.34. The van der Waals surface area contributed by atoms with Crippen molar-refractivity contribution < 1.29 is 14.7 Å². The van der Waals surface area contributed by atoms with Crippen molar-refractivity contribution >= 4 is 11.8 Å². The molecule has 0 radical (unpaired) electrons. The van der Waals surface area contributed by atoms with Gasteiger partial charge in [0.15, 0.2) is 0 Å². The molecule has 3 nitrogen and oxygen atoms in total. The molecule has 18 heavy (non-hydrogen) atoms. The van der Waals surface area contributed by atoms with Crippen molar-refractivity contribution in [3.8, 4) is 0 Å². The molecule has 1 N–H and O–H groups in total. The van der Waals surface area contributed by atoms with E-state index in [0.29, 0.717) is 29.6 Å². The van der Waals surface area contributed by atoms with Crippen LogP contribution in [0.3, 0.4) is 0 Å². The molecular formula is C15H20O3. The maximum atomic E-state index is 12.6. The van der Waals surface area contributed by atoms with Crippen LogP contribution in [0, 0.1) is 28.6 Å². The number of aliphatic carboxylic acids is 1. The van der Waals surface area contributed by atoms with E-state index in [0.717, 1.165) is 12.8 Å². The third-order valence-corrected chi connectivity index (χ3v) is 6.03. The number of hydrogen-bond acceptors (Lipinski definition) is 2. The van der Waals surface area contributed by atoms with E-state index >= 15 is 0 Å². The van der Waals surface area contributed by atoms with Gasteiger partial charge in [-0.25, -0.2) is 4.79 Å². The second-order valence-corrected chi connectivity index (χ2v) is 6.66. The number of hydrogen-bond donors (Lipinski definition) is 1. The highest BCUT2D eigenvalue weighted by Gasteiger charge is 2.71. The predicted octanol–water partition coefficient (Wildman–Crippen LogP) is 2.66. The van der Waals surface area contributed by atoms with Crippen molar-refractivity contribution in [2.75, 3.05) is 0 Å². The number of allylic oxidation sites excluding steroid dienone is 1. The van der Waals surface area contributed by atoms with Gasteiger partial charge in [0, 0.05) is 23.3 Å². The van der Waals surface area contributed by atoms with E-state index in [1.807, 2.05) is 13.0 Å². The molecule has 98 valence electrons. The number of carbonyl (C=O) groups excluding carboxylic acids is 1. The molecule has 0 aliphatic heterocycles. The zero-order chi connectivity index (χ0) is 13.3. The molecule has 0 bridgehead atoms. The normalized spacial score (nSPS) is 50.1. The van der Waals surface area contributed by atoms with Crippen molar-refractivity contribution in [3.63, 3.8) is 0 Å². The van der Waals surface area contributed by atoms with Crippen molar-refractivity contribution in [1.29, 1.82) is 0 Å². The van der Waals surface area contributed by atoms with Crippen LogP contribution in [-0.2, 0) is 9.59 Å². The number of carboxylic acid groups (broad SMARTS) is 1. The summed E-state index contributed by atoms with van der Waals surface area (Å²) >= 11 is 0. The first kappa shape index (κ1) is 11.9. The van der Waals surface area contributed by atoms with Crippen molar-refractivity contribution in [2.24, 2.45) is 28.6 Å². The molecular weight excluding hydrogens is 228 g/mol. The van der Waals surface area contributed by atoms with Crippen LogP contribution in [0.2, 0.25) is 0 Å². The maximum Gasteiger partial charge on any atom is 0.331 e. The largest absolute Gasteiger partial charge is 0.478 e. The average Bonchev–Trinajstić information content (AvgIpc) is 2.79. The molecule has 2 saturated carbocycles. The van der Waals surface area contributed by atoms with E-state index in [-0.39, 0.29) is 11.3 Å². The minimum Gasteiger partial charge on any atom is -0.478 e. The number of carboxylic acids is 1. The zero-order valence-electron chi connectivity index (χ0n) is 11.2. The molecule has 0 saturated heterocycles. The first-order chi connectivity index (χ1) is 8.34. The molecule has 3 aliphatic rings. The SMILES string of the molecule is C[C@@H]1C(C(=O)O)=C[C@@]2(C)CCC3[C@@H](C)CC(=O)C312. The minimum absolute atomic E-state index is 0.134. The molecule has 0 aromatic rings. The minimum atomic E-state index is -0.849. The third-order valence-electron chi connectivity index (χ3n) is 6.03. The number of carbonyl (C=O) groups is 2. The van der Waals surface area contributed by atoms with Crippen LogP contribution < -0.4 is 0 Å². The van der Waals surface area contributed by atoms with E-state index in [1.165, 1.54) is 0 Å². The third kappa shape index (κ3) is 1.03. The van der Waals surface area contributed by atoms with Crippen LogP contribution in [-0.4, -0.2) is 16.9 Å². The number of ketones is 1. The van der Waals surface area contributed by atoms with E-state index in [4.69, 9.17) is 0 Å². The summed E-state index contributed by atoms with van der Waals surface area (Å²) < 4.78 is 0. The van der Waals surface area contributed by atoms with Gasteiger partial charge in [0.25, 0.3) is 0 Å². The Bertz CT molecular complexity index is 478. The van der Waals surface area contributed by atoms with Crippen LogP contribution in [0.1, 0.15) is 40.0 Å². The highest BCUT2D eigenvalue weighted by molar-refractivity contribution is 5.96. The Hall–Kier alpha value is -1.12. The van der Waals surface area contributed by atoms with E-state index in [9.17, 15) is 14.7 Å². The smallest absolute Gasteiger partial charge is 0.331 e. The number of Topliss-reactive ketones (excluding diaryl/α,β-unsaturated/α-hetero) is 1. The van der Waals surface area contributed by atoms with Gasteiger partial charge in [0.2, 0.25) is 0 Å². The quantitative estimate of drug-likeness (QED) is 0.776.